The highest BCUT2D eigenvalue weighted by Crippen LogP contribution is 2.26. The Morgan fingerprint density at radius 1 is 1.00 bits per heavy atom. The molecule has 1 amide bonds. The van der Waals surface area contributed by atoms with Crippen molar-refractivity contribution in [3.05, 3.63) is 53.7 Å². The van der Waals surface area contributed by atoms with E-state index in [0.717, 1.165) is 30.9 Å². The van der Waals surface area contributed by atoms with Gasteiger partial charge in [0.05, 0.1) is 5.69 Å². The number of amides is 1. The Morgan fingerprint density at radius 3 is 2.32 bits per heavy atom. The van der Waals surface area contributed by atoms with Crippen LogP contribution in [0.1, 0.15) is 53.8 Å². The summed E-state index contributed by atoms with van der Waals surface area (Å²) in [7, 11) is 0. The maximum atomic E-state index is 12.8. The number of carbonyl (C=O) groups is 2. The minimum atomic E-state index is 0.00629. The van der Waals surface area contributed by atoms with Gasteiger partial charge in [-0.3, -0.25) is 19.5 Å². The zero-order valence-electron chi connectivity index (χ0n) is 16.6. The predicted molar refractivity (Wildman–Crippen MR) is 109 cm³/mol. The first-order valence-corrected chi connectivity index (χ1v) is 10.2. The molecule has 1 aromatic carbocycles. The number of nitrogens with zero attached hydrogens (tertiary/aromatic N) is 3. The van der Waals surface area contributed by atoms with Crippen molar-refractivity contribution >= 4 is 11.7 Å². The number of ketones is 1. The summed E-state index contributed by atoms with van der Waals surface area (Å²) >= 11 is 0. The Morgan fingerprint density at radius 2 is 1.71 bits per heavy atom. The lowest BCUT2D eigenvalue weighted by molar-refractivity contribution is 0.00213. The van der Waals surface area contributed by atoms with Crippen LogP contribution >= 0.6 is 0 Å². The topological polar surface area (TPSA) is 53.5 Å². The number of rotatable bonds is 4. The van der Waals surface area contributed by atoms with Crippen LogP contribution in [0.4, 0.5) is 0 Å². The third kappa shape index (κ3) is 3.72. The van der Waals surface area contributed by atoms with E-state index in [9.17, 15) is 9.59 Å². The van der Waals surface area contributed by atoms with Crippen LogP contribution in [0, 0.1) is 0 Å². The first-order valence-electron chi connectivity index (χ1n) is 10.2. The molecule has 0 bridgehead atoms. The highest BCUT2D eigenvalue weighted by atomic mass is 16.2. The Kier molecular flexibility index (Phi) is 5.27. The minimum absolute atomic E-state index is 0.00629. The summed E-state index contributed by atoms with van der Waals surface area (Å²) in [5, 5.41) is 0. The summed E-state index contributed by atoms with van der Waals surface area (Å²) in [5.74, 6) is 0.110. The average molecular weight is 377 g/mol. The molecule has 4 rings (SSSR count). The van der Waals surface area contributed by atoms with Gasteiger partial charge in [-0.1, -0.05) is 18.6 Å². The molecule has 0 unspecified atom stereocenters. The quantitative estimate of drug-likeness (QED) is 0.763. The van der Waals surface area contributed by atoms with Gasteiger partial charge >= 0.3 is 0 Å². The van der Waals surface area contributed by atoms with Crippen LogP contribution in [0.15, 0.2) is 42.6 Å². The fourth-order valence-electron chi connectivity index (χ4n) is 4.23. The second kappa shape index (κ2) is 7.84. The Hall–Kier alpha value is -2.53. The molecule has 1 atom stereocenters. The number of aromatic nitrogens is 1. The van der Waals surface area contributed by atoms with Gasteiger partial charge in [0.1, 0.15) is 0 Å². The average Bonchev–Trinajstić information content (AvgIpc) is 2.68. The molecule has 1 aromatic heterocycles. The van der Waals surface area contributed by atoms with Gasteiger partial charge in [0.15, 0.2) is 5.78 Å². The van der Waals surface area contributed by atoms with E-state index in [1.165, 1.54) is 26.2 Å². The molecule has 0 saturated carbocycles. The van der Waals surface area contributed by atoms with E-state index in [1.807, 2.05) is 35.2 Å². The number of pyridine rings is 1. The van der Waals surface area contributed by atoms with Crippen LogP contribution < -0.4 is 0 Å². The molecule has 0 radical (unpaired) electrons. The van der Waals surface area contributed by atoms with E-state index in [1.54, 1.807) is 12.3 Å². The third-order valence-electron chi connectivity index (χ3n) is 6.07. The van der Waals surface area contributed by atoms with Crippen LogP contribution in [0.2, 0.25) is 0 Å². The smallest absolute Gasteiger partial charge is 0.253 e. The maximum absolute atomic E-state index is 12.8. The van der Waals surface area contributed by atoms with Gasteiger partial charge in [0.25, 0.3) is 5.91 Å². The lowest BCUT2D eigenvalue weighted by Crippen LogP contribution is -2.63. The van der Waals surface area contributed by atoms with Gasteiger partial charge < -0.3 is 4.90 Å². The van der Waals surface area contributed by atoms with Crippen LogP contribution in [-0.4, -0.2) is 58.2 Å². The van der Waals surface area contributed by atoms with Gasteiger partial charge in [0.2, 0.25) is 0 Å². The van der Waals surface area contributed by atoms with Crippen molar-refractivity contribution in [3.63, 3.8) is 0 Å². The Balaban J connectivity index is 1.37. The maximum Gasteiger partial charge on any atom is 0.253 e. The van der Waals surface area contributed by atoms with Gasteiger partial charge in [-0.15, -0.1) is 0 Å². The molecule has 2 aliphatic rings. The number of carbonyl (C=O) groups excluding carboxylic acids is 2. The zero-order chi connectivity index (χ0) is 19.7. The van der Waals surface area contributed by atoms with E-state index in [2.05, 4.69) is 16.8 Å². The van der Waals surface area contributed by atoms with E-state index in [0.29, 0.717) is 23.2 Å². The molecule has 2 fully saturated rings. The molecule has 28 heavy (non-hydrogen) atoms. The van der Waals surface area contributed by atoms with Gasteiger partial charge in [-0.05, 0) is 57.5 Å². The van der Waals surface area contributed by atoms with E-state index >= 15 is 0 Å². The fourth-order valence-corrected chi connectivity index (χ4v) is 4.23. The summed E-state index contributed by atoms with van der Waals surface area (Å²) < 4.78 is 0. The second-order valence-corrected chi connectivity index (χ2v) is 8.01. The fraction of sp³-hybridized carbons (Fsp3) is 0.435. The molecule has 3 heterocycles. The van der Waals surface area contributed by atoms with Gasteiger partial charge in [-0.25, -0.2) is 0 Å². The molecule has 2 aromatic rings. The van der Waals surface area contributed by atoms with E-state index in [-0.39, 0.29) is 11.7 Å². The first-order chi connectivity index (χ1) is 13.5. The molecule has 0 aliphatic carbocycles. The van der Waals surface area contributed by atoms with Gasteiger partial charge in [-0.2, -0.15) is 0 Å². The number of hydrogen-bond acceptors (Lipinski definition) is 4. The Labute approximate surface area is 166 Å². The van der Waals surface area contributed by atoms with Crippen molar-refractivity contribution in [2.45, 2.75) is 45.2 Å². The highest BCUT2D eigenvalue weighted by molar-refractivity contribution is 5.95. The lowest BCUT2D eigenvalue weighted by atomic mass is 9.97. The largest absolute Gasteiger partial charge is 0.335 e. The van der Waals surface area contributed by atoms with Crippen molar-refractivity contribution in [1.29, 1.82) is 0 Å². The normalized spacial score (nSPS) is 20.6. The molecular weight excluding hydrogens is 350 g/mol. The van der Waals surface area contributed by atoms with Crippen molar-refractivity contribution in [2.75, 3.05) is 19.6 Å². The third-order valence-corrected chi connectivity index (χ3v) is 6.07. The zero-order valence-corrected chi connectivity index (χ0v) is 16.6. The van der Waals surface area contributed by atoms with E-state index < -0.39 is 0 Å². The molecule has 2 saturated heterocycles. The monoisotopic (exact) mass is 377 g/mol. The standard InChI is InChI=1S/C23H27N3O2/c1-16-5-3-4-12-26(16)21-14-25(15-21)23(28)19-8-6-18(7-9-19)22-11-10-20(13-24-22)17(2)27/h6-11,13,16,21H,3-5,12,14-15H2,1-2H3/t16-/m0/s1. The molecule has 5 heteroatoms. The van der Waals surface area contributed by atoms with Crippen molar-refractivity contribution < 1.29 is 9.59 Å². The summed E-state index contributed by atoms with van der Waals surface area (Å²) in [6.45, 7) is 6.67. The number of hydrogen-bond donors (Lipinski definition) is 0. The lowest BCUT2D eigenvalue weighted by Gasteiger charge is -2.49. The van der Waals surface area contributed by atoms with Crippen LogP contribution in [0.5, 0.6) is 0 Å². The minimum Gasteiger partial charge on any atom is -0.335 e. The van der Waals surface area contributed by atoms with Gasteiger partial charge in [0, 0.05) is 48.1 Å². The summed E-state index contributed by atoms with van der Waals surface area (Å²) in [4.78, 5) is 33.0. The molecule has 2 aliphatic heterocycles. The molecule has 146 valence electrons. The summed E-state index contributed by atoms with van der Waals surface area (Å²) in [6.07, 6.45) is 5.47. The Bertz CT molecular complexity index is 854. The number of Topliss-reactive ketones (excluding diaryl/α,β-unsaturated/α-hetero) is 1. The van der Waals surface area contributed by atoms with Crippen molar-refractivity contribution in [3.8, 4) is 11.3 Å². The first kappa shape index (κ1) is 18.8. The second-order valence-electron chi connectivity index (χ2n) is 8.01. The molecular formula is C23H27N3O2. The molecule has 0 N–H and O–H groups in total. The highest BCUT2D eigenvalue weighted by Gasteiger charge is 2.37. The van der Waals surface area contributed by atoms with Crippen molar-refractivity contribution in [2.24, 2.45) is 0 Å². The number of likely N-dealkylation sites (tertiary alicyclic amines) is 2. The molecule has 0 spiro atoms. The summed E-state index contributed by atoms with van der Waals surface area (Å²) in [5.41, 5.74) is 3.06. The molecule has 5 nitrogen and oxygen atoms in total. The number of benzene rings is 1. The number of piperidine rings is 1. The predicted octanol–water partition coefficient (Wildman–Crippen LogP) is 3.65. The van der Waals surface area contributed by atoms with E-state index in [4.69, 9.17) is 0 Å². The van der Waals surface area contributed by atoms with Crippen LogP contribution in [0.3, 0.4) is 0 Å². The van der Waals surface area contributed by atoms with Crippen molar-refractivity contribution in [1.82, 2.24) is 14.8 Å². The SMILES string of the molecule is CC(=O)c1ccc(-c2ccc(C(=O)N3CC(N4CCCC[C@@H]4C)C3)cc2)nc1. The van der Waals surface area contributed by atoms with Crippen LogP contribution in [-0.2, 0) is 0 Å². The summed E-state index contributed by atoms with van der Waals surface area (Å²) in [6, 6.07) is 12.4. The van der Waals surface area contributed by atoms with Crippen LogP contribution in [0.25, 0.3) is 11.3 Å².